The van der Waals surface area contributed by atoms with Crippen LogP contribution >= 0.6 is 0 Å². The Hall–Kier alpha value is -2.65. The van der Waals surface area contributed by atoms with Crippen LogP contribution < -0.4 is 9.04 Å². The predicted octanol–water partition coefficient (Wildman–Crippen LogP) is 1.13. The van der Waals surface area contributed by atoms with Gasteiger partial charge in [-0.3, -0.25) is 18.1 Å². The van der Waals surface area contributed by atoms with Crippen LogP contribution in [0.25, 0.3) is 10.8 Å². The highest BCUT2D eigenvalue weighted by atomic mass is 32.2. The van der Waals surface area contributed by atoms with E-state index in [9.17, 15) is 18.4 Å². The Morgan fingerprint density at radius 1 is 1.35 bits per heavy atom. The molecule has 0 saturated carbocycles. The molecule has 1 fully saturated rings. The lowest BCUT2D eigenvalue weighted by atomic mass is 10.1. The number of benzene rings is 2. The quantitative estimate of drug-likeness (QED) is 0.756. The molecule has 0 aromatic heterocycles. The third-order valence-corrected chi connectivity index (χ3v) is 5.11. The highest BCUT2D eigenvalue weighted by Gasteiger charge is 2.37. The van der Waals surface area contributed by atoms with Crippen LogP contribution in [-0.2, 0) is 20.9 Å². The number of fused-ring (bicyclic) bond motifs is 1. The number of amides is 1. The van der Waals surface area contributed by atoms with E-state index in [1.54, 1.807) is 30.3 Å². The molecule has 2 aromatic rings. The number of carboxylic acids is 1. The molecule has 1 N–H and O–H groups in total. The maximum atomic E-state index is 12.5. The second-order valence-corrected chi connectivity index (χ2v) is 6.73. The second-order valence-electron chi connectivity index (χ2n) is 5.90. The lowest BCUT2D eigenvalue weighted by Gasteiger charge is -2.31. The Bertz CT molecular complexity index is 887. The number of hydrogen-bond donors (Lipinski definition) is 1. The van der Waals surface area contributed by atoms with Crippen molar-refractivity contribution in [2.24, 2.45) is 0 Å². The fourth-order valence-corrected chi connectivity index (χ4v) is 3.80. The minimum atomic E-state index is -2.69. The van der Waals surface area contributed by atoms with Gasteiger partial charge in [-0.2, -0.15) is 0 Å². The molecule has 0 bridgehead atoms. The maximum absolute atomic E-state index is 12.5. The zero-order valence-electron chi connectivity index (χ0n) is 14.0. The van der Waals surface area contributed by atoms with Crippen molar-refractivity contribution in [2.75, 3.05) is 24.5 Å². The summed E-state index contributed by atoms with van der Waals surface area (Å²) in [5.74, 6) is -1.01. The lowest BCUT2D eigenvalue weighted by molar-refractivity contribution is -0.142. The molecule has 1 saturated heterocycles. The van der Waals surface area contributed by atoms with Gasteiger partial charge in [0.25, 0.3) is 0 Å². The molecular weight excluding hydrogens is 360 g/mol. The highest BCUT2D eigenvalue weighted by Crippen LogP contribution is 2.30. The summed E-state index contributed by atoms with van der Waals surface area (Å²) < 4.78 is 29.9. The first-order valence-electron chi connectivity index (χ1n) is 7.87. The number of methoxy groups -OCH3 is 1. The number of ether oxygens (including phenoxy) is 1. The van der Waals surface area contributed by atoms with Crippen molar-refractivity contribution in [3.8, 4) is 5.75 Å². The van der Waals surface area contributed by atoms with Gasteiger partial charge in [0.05, 0.1) is 7.11 Å². The number of nitrogens with zero attached hydrogens (tertiary/aromatic N) is 2. The molecule has 2 atom stereocenters. The number of anilines is 1. The predicted molar refractivity (Wildman–Crippen MR) is 94.5 cm³/mol. The van der Waals surface area contributed by atoms with Crippen LogP contribution in [-0.4, -0.2) is 56.9 Å². The van der Waals surface area contributed by atoms with Crippen molar-refractivity contribution in [1.82, 2.24) is 4.90 Å². The molecule has 9 heteroatoms. The number of carbonyl (C=O) groups is 2. The van der Waals surface area contributed by atoms with Crippen LogP contribution in [0.4, 0.5) is 5.69 Å². The molecular formula is C17H17N2O6S-. The van der Waals surface area contributed by atoms with E-state index in [2.05, 4.69) is 0 Å². The first-order chi connectivity index (χ1) is 12.4. The number of aliphatic carboxylic acids is 1. The fraction of sp³-hybridized carbons (Fsp3) is 0.294. The fourth-order valence-electron chi connectivity index (χ4n) is 3.11. The van der Waals surface area contributed by atoms with Gasteiger partial charge in [-0.25, -0.2) is 0 Å². The Balaban J connectivity index is 1.95. The molecule has 0 aliphatic carbocycles. The van der Waals surface area contributed by atoms with E-state index in [0.717, 1.165) is 20.0 Å². The molecule has 0 spiro atoms. The average molecular weight is 377 g/mol. The maximum Gasteiger partial charge on any atom is 0.323 e. The van der Waals surface area contributed by atoms with E-state index < -0.39 is 35.7 Å². The van der Waals surface area contributed by atoms with Gasteiger partial charge >= 0.3 is 5.97 Å². The van der Waals surface area contributed by atoms with Gasteiger partial charge in [-0.1, -0.05) is 12.1 Å². The SMILES string of the molecule is COc1ccc2ccc(N(C3CCN(CC(=O)O)C3=O)S(=O)[O-])cc2c1. The summed E-state index contributed by atoms with van der Waals surface area (Å²) in [6.45, 7) is -0.242. The molecule has 26 heavy (non-hydrogen) atoms. The number of likely N-dealkylation sites (tertiary alicyclic amines) is 1. The molecule has 2 unspecified atom stereocenters. The van der Waals surface area contributed by atoms with E-state index >= 15 is 0 Å². The summed E-state index contributed by atoms with van der Waals surface area (Å²) in [5.41, 5.74) is 0.342. The molecule has 1 aliphatic heterocycles. The molecule has 2 aromatic carbocycles. The topological polar surface area (TPSA) is 110 Å². The van der Waals surface area contributed by atoms with E-state index in [1.165, 1.54) is 7.11 Å². The van der Waals surface area contributed by atoms with E-state index in [1.807, 2.05) is 6.07 Å². The van der Waals surface area contributed by atoms with E-state index in [-0.39, 0.29) is 13.0 Å². The Morgan fingerprint density at radius 2 is 2.08 bits per heavy atom. The number of carboxylic acid groups (broad SMARTS) is 1. The summed E-state index contributed by atoms with van der Waals surface area (Å²) in [6, 6.07) is 9.53. The van der Waals surface area contributed by atoms with Crippen molar-refractivity contribution < 1.29 is 28.2 Å². The molecule has 0 radical (unpaired) electrons. The highest BCUT2D eigenvalue weighted by molar-refractivity contribution is 7.80. The standard InChI is InChI=1S/C17H18N2O6S/c1-25-14-5-3-11-2-4-13(8-12(11)9-14)19(26(23)24)15-6-7-18(17(15)22)10-16(20)21/h2-5,8-9,15H,6-7,10H2,1H3,(H,20,21)(H,23,24)/p-1. The van der Waals surface area contributed by atoms with Gasteiger partial charge in [-0.15, -0.1) is 0 Å². The molecule has 8 nitrogen and oxygen atoms in total. The van der Waals surface area contributed by atoms with Crippen LogP contribution in [0.1, 0.15) is 6.42 Å². The summed E-state index contributed by atoms with van der Waals surface area (Å²) in [4.78, 5) is 24.4. The number of hydrogen-bond acceptors (Lipinski definition) is 5. The van der Waals surface area contributed by atoms with Gasteiger partial charge in [0.2, 0.25) is 5.91 Å². The van der Waals surface area contributed by atoms with Crippen molar-refractivity contribution in [3.63, 3.8) is 0 Å². The van der Waals surface area contributed by atoms with Gasteiger partial charge < -0.3 is 19.3 Å². The number of carbonyl (C=O) groups excluding carboxylic acids is 1. The second kappa shape index (κ2) is 7.30. The summed E-state index contributed by atoms with van der Waals surface area (Å²) in [6.07, 6.45) is 0.232. The first-order valence-corrected chi connectivity index (χ1v) is 8.91. The van der Waals surface area contributed by atoms with E-state index in [0.29, 0.717) is 11.4 Å². The van der Waals surface area contributed by atoms with Crippen LogP contribution in [0.3, 0.4) is 0 Å². The first kappa shape index (κ1) is 18.2. The summed E-state index contributed by atoms with van der Waals surface area (Å²) in [7, 11) is 1.54. The van der Waals surface area contributed by atoms with Gasteiger partial charge in [0.15, 0.2) is 0 Å². The minimum absolute atomic E-state index is 0.199. The van der Waals surface area contributed by atoms with Gasteiger partial charge in [0, 0.05) is 23.5 Å². The van der Waals surface area contributed by atoms with Crippen LogP contribution in [0.5, 0.6) is 5.75 Å². The monoisotopic (exact) mass is 377 g/mol. The molecule has 138 valence electrons. The number of rotatable bonds is 6. The van der Waals surface area contributed by atoms with E-state index in [4.69, 9.17) is 9.84 Å². The van der Waals surface area contributed by atoms with Crippen molar-refractivity contribution in [1.29, 1.82) is 0 Å². The van der Waals surface area contributed by atoms with Crippen LogP contribution in [0.15, 0.2) is 36.4 Å². The lowest BCUT2D eigenvalue weighted by Crippen LogP contribution is -2.44. The molecule has 1 heterocycles. The molecule has 3 rings (SSSR count). The minimum Gasteiger partial charge on any atom is -0.755 e. The normalized spacial score (nSPS) is 18.2. The molecule has 1 aliphatic rings. The Labute approximate surface area is 152 Å². The van der Waals surface area contributed by atoms with Gasteiger partial charge in [0.1, 0.15) is 18.3 Å². The van der Waals surface area contributed by atoms with Gasteiger partial charge in [-0.05, 0) is 41.5 Å². The third kappa shape index (κ3) is 3.49. The average Bonchev–Trinajstić information content (AvgIpc) is 2.94. The van der Waals surface area contributed by atoms with Crippen LogP contribution in [0.2, 0.25) is 0 Å². The zero-order valence-corrected chi connectivity index (χ0v) is 14.8. The van der Waals surface area contributed by atoms with Crippen molar-refractivity contribution in [2.45, 2.75) is 12.5 Å². The summed E-state index contributed by atoms with van der Waals surface area (Å²) in [5, 5.41) is 10.5. The zero-order chi connectivity index (χ0) is 18.8. The molecule has 1 amide bonds. The van der Waals surface area contributed by atoms with Crippen molar-refractivity contribution in [3.05, 3.63) is 36.4 Å². The Morgan fingerprint density at radius 3 is 2.73 bits per heavy atom. The smallest absolute Gasteiger partial charge is 0.323 e. The largest absolute Gasteiger partial charge is 0.755 e. The Kier molecular flexibility index (Phi) is 5.10. The van der Waals surface area contributed by atoms with Crippen molar-refractivity contribution >= 4 is 39.6 Å². The van der Waals surface area contributed by atoms with Crippen LogP contribution in [0, 0.1) is 0 Å². The summed E-state index contributed by atoms with van der Waals surface area (Å²) >= 11 is -2.69. The third-order valence-electron chi connectivity index (χ3n) is 4.32.